The van der Waals surface area contributed by atoms with Crippen molar-refractivity contribution in [2.24, 2.45) is 4.99 Å². The zero-order chi connectivity index (χ0) is 10.2. The third-order valence-corrected chi connectivity index (χ3v) is 8.77. The summed E-state index contributed by atoms with van der Waals surface area (Å²) in [6.07, 6.45) is 3.87. The number of hydrogen-bond donors (Lipinski definition) is 0. The van der Waals surface area contributed by atoms with Gasteiger partial charge in [-0.3, -0.25) is 0 Å². The van der Waals surface area contributed by atoms with Crippen LogP contribution in [0.25, 0.3) is 0 Å². The van der Waals surface area contributed by atoms with Crippen LogP contribution in [0.3, 0.4) is 0 Å². The summed E-state index contributed by atoms with van der Waals surface area (Å²) >= 11 is -2.26. The molecule has 76 valence electrons. The van der Waals surface area contributed by atoms with Crippen molar-refractivity contribution in [2.75, 3.05) is 13.2 Å². The first kappa shape index (κ1) is 13.1. The molecule has 0 aliphatic heterocycles. The molecule has 0 aromatic carbocycles. The molecule has 0 heterocycles. The van der Waals surface area contributed by atoms with E-state index in [-0.39, 0.29) is 0 Å². The molecule has 0 atom stereocenters. The molecule has 0 aromatic rings. The van der Waals surface area contributed by atoms with Crippen molar-refractivity contribution in [2.45, 2.75) is 34.1 Å². The standard InChI is InChI=1S/C4H9O.C3H4NO.2CH3.Sn/c1-2-3-4-5;1-2-4-3-5;;;/h2-4H2,1H3;1-2H2;2*1H3;/q-1;;;;+1. The van der Waals surface area contributed by atoms with Gasteiger partial charge in [0.05, 0.1) is 0 Å². The van der Waals surface area contributed by atoms with E-state index in [0.717, 1.165) is 17.5 Å². The van der Waals surface area contributed by atoms with Gasteiger partial charge in [-0.2, -0.15) is 0 Å². The second-order valence-electron chi connectivity index (χ2n) is 3.68. The van der Waals surface area contributed by atoms with Gasteiger partial charge >= 0.3 is 85.0 Å². The van der Waals surface area contributed by atoms with Gasteiger partial charge in [-0.05, 0) is 0 Å². The van der Waals surface area contributed by atoms with Crippen molar-refractivity contribution >= 4 is 24.9 Å². The molecule has 13 heavy (non-hydrogen) atoms. The molecule has 0 amide bonds. The Hall–Kier alpha value is 0.139. The van der Waals surface area contributed by atoms with Crippen molar-refractivity contribution < 1.29 is 7.87 Å². The number of carbonyl (C=O) groups excluding carboxylic acids is 1. The Kier molecular flexibility index (Phi) is 7.61. The van der Waals surface area contributed by atoms with Crippen molar-refractivity contribution in [1.29, 1.82) is 0 Å². The maximum absolute atomic E-state index is 9.84. The molecule has 0 N–H and O–H groups in total. The zero-order valence-corrected chi connectivity index (χ0v) is 11.7. The van der Waals surface area contributed by atoms with Gasteiger partial charge in [-0.1, -0.05) is 0 Å². The molecule has 0 unspecified atom stereocenters. The minimum atomic E-state index is -2.26. The number of hydrogen-bond acceptors (Lipinski definition) is 3. The SMILES string of the molecule is CCCC[O][Sn]([CH3])([CH3])[CH2]CN=C=O. The third kappa shape index (κ3) is 8.47. The van der Waals surface area contributed by atoms with E-state index in [1.165, 1.54) is 6.42 Å². The molecule has 0 saturated heterocycles. The molecule has 0 fully saturated rings. The second-order valence-corrected chi connectivity index (χ2v) is 16.0. The predicted octanol–water partition coefficient (Wildman–Crippen LogP) is 2.34. The molecule has 0 aromatic heterocycles. The van der Waals surface area contributed by atoms with Crippen LogP contribution in [0, 0.1) is 0 Å². The summed E-state index contributed by atoms with van der Waals surface area (Å²) in [5.74, 6) is 0. The van der Waals surface area contributed by atoms with E-state index >= 15 is 0 Å². The molecule has 3 nitrogen and oxygen atoms in total. The van der Waals surface area contributed by atoms with Gasteiger partial charge in [-0.25, -0.2) is 0 Å². The van der Waals surface area contributed by atoms with Crippen molar-refractivity contribution in [1.82, 2.24) is 0 Å². The molecular formula is C9H19NO2Sn. The summed E-state index contributed by atoms with van der Waals surface area (Å²) in [5.41, 5.74) is 0. The summed E-state index contributed by atoms with van der Waals surface area (Å²) in [7, 11) is 0. The number of isocyanates is 1. The first-order valence-corrected chi connectivity index (χ1v) is 13.7. The van der Waals surface area contributed by atoms with Crippen LogP contribution in [-0.2, 0) is 7.87 Å². The van der Waals surface area contributed by atoms with Gasteiger partial charge in [0.1, 0.15) is 0 Å². The Balaban J connectivity index is 3.59. The summed E-state index contributed by atoms with van der Waals surface area (Å²) in [5, 5.41) is 0. The number of unbranched alkanes of at least 4 members (excludes halogenated alkanes) is 1. The van der Waals surface area contributed by atoms with E-state index in [4.69, 9.17) is 3.07 Å². The maximum atomic E-state index is 9.84. The molecule has 0 aliphatic rings. The second kappa shape index (κ2) is 7.53. The summed E-state index contributed by atoms with van der Waals surface area (Å²) < 4.78 is 6.82. The van der Waals surface area contributed by atoms with Crippen LogP contribution < -0.4 is 0 Å². The van der Waals surface area contributed by atoms with E-state index < -0.39 is 18.8 Å². The number of rotatable bonds is 7. The van der Waals surface area contributed by atoms with Gasteiger partial charge in [0.25, 0.3) is 0 Å². The normalized spacial score (nSPS) is 11.0. The predicted molar refractivity (Wildman–Crippen MR) is 56.1 cm³/mol. The van der Waals surface area contributed by atoms with E-state index in [2.05, 4.69) is 21.8 Å². The number of aliphatic imine (C=N–C) groups is 1. The minimum absolute atomic E-state index is 0.596. The molecule has 0 rings (SSSR count). The topological polar surface area (TPSA) is 38.7 Å². The molecule has 0 radical (unpaired) electrons. The van der Waals surface area contributed by atoms with Crippen molar-refractivity contribution in [3.05, 3.63) is 0 Å². The van der Waals surface area contributed by atoms with Crippen LogP contribution >= 0.6 is 0 Å². The molecule has 0 bridgehead atoms. The summed E-state index contributed by atoms with van der Waals surface area (Å²) in [6, 6.07) is 0. The Morgan fingerprint density at radius 3 is 2.69 bits per heavy atom. The van der Waals surface area contributed by atoms with Crippen LogP contribution in [0.1, 0.15) is 19.8 Å². The zero-order valence-electron chi connectivity index (χ0n) is 8.80. The first-order valence-electron chi connectivity index (χ1n) is 4.80. The van der Waals surface area contributed by atoms with E-state index in [9.17, 15) is 4.79 Å². The quantitative estimate of drug-likeness (QED) is 0.313. The Labute approximate surface area is 85.0 Å². The average molecular weight is 292 g/mol. The van der Waals surface area contributed by atoms with Gasteiger partial charge in [0, 0.05) is 0 Å². The van der Waals surface area contributed by atoms with Gasteiger partial charge in [0.2, 0.25) is 0 Å². The van der Waals surface area contributed by atoms with Crippen molar-refractivity contribution in [3.63, 3.8) is 0 Å². The van der Waals surface area contributed by atoms with E-state index in [1.807, 2.05) is 0 Å². The Bertz CT molecular complexity index is 176. The van der Waals surface area contributed by atoms with Crippen LogP contribution in [0.2, 0.25) is 14.3 Å². The van der Waals surface area contributed by atoms with Crippen LogP contribution in [-0.4, -0.2) is 38.0 Å². The van der Waals surface area contributed by atoms with Gasteiger partial charge in [0.15, 0.2) is 0 Å². The van der Waals surface area contributed by atoms with Crippen LogP contribution in [0.4, 0.5) is 0 Å². The molecule has 4 heteroatoms. The van der Waals surface area contributed by atoms with Crippen LogP contribution in [0.5, 0.6) is 0 Å². The Morgan fingerprint density at radius 1 is 1.46 bits per heavy atom. The fourth-order valence-electron chi connectivity index (χ4n) is 0.936. The first-order chi connectivity index (χ1) is 6.12. The fraction of sp³-hybridized carbons (Fsp3) is 0.889. The molecule has 0 aliphatic carbocycles. The third-order valence-electron chi connectivity index (χ3n) is 1.88. The summed E-state index contributed by atoms with van der Waals surface area (Å²) in [4.78, 5) is 17.8. The average Bonchev–Trinajstić information content (AvgIpc) is 2.05. The monoisotopic (exact) mass is 293 g/mol. The van der Waals surface area contributed by atoms with Gasteiger partial charge in [-0.15, -0.1) is 0 Å². The fourth-order valence-corrected chi connectivity index (χ4v) is 5.19. The molecule has 0 spiro atoms. The molecular weight excluding hydrogens is 273 g/mol. The van der Waals surface area contributed by atoms with E-state index in [0.29, 0.717) is 6.54 Å². The molecule has 0 saturated carbocycles. The number of nitrogens with zero attached hydrogens (tertiary/aromatic N) is 1. The summed E-state index contributed by atoms with van der Waals surface area (Å²) in [6.45, 7) is 3.63. The Morgan fingerprint density at radius 2 is 2.15 bits per heavy atom. The van der Waals surface area contributed by atoms with Crippen LogP contribution in [0.15, 0.2) is 4.99 Å². The van der Waals surface area contributed by atoms with Gasteiger partial charge < -0.3 is 0 Å². The van der Waals surface area contributed by atoms with E-state index in [1.54, 1.807) is 6.08 Å². The van der Waals surface area contributed by atoms with Crippen molar-refractivity contribution in [3.8, 4) is 0 Å².